The lowest BCUT2D eigenvalue weighted by Crippen LogP contribution is -2.09. The number of nitrogens with zero attached hydrogens (tertiary/aromatic N) is 1. The minimum absolute atomic E-state index is 0.0791. The van der Waals surface area contributed by atoms with Gasteiger partial charge in [-0.05, 0) is 31.5 Å². The summed E-state index contributed by atoms with van der Waals surface area (Å²) in [6, 6.07) is 5.63. The predicted molar refractivity (Wildman–Crippen MR) is 61.8 cm³/mol. The maximum atomic E-state index is 11.6. The molecular formula is C12H12N2O. The van der Waals surface area contributed by atoms with Gasteiger partial charge in [-0.15, -0.1) is 0 Å². The highest BCUT2D eigenvalue weighted by atomic mass is 16.1. The van der Waals surface area contributed by atoms with Gasteiger partial charge in [-0.1, -0.05) is 18.2 Å². The van der Waals surface area contributed by atoms with Gasteiger partial charge in [0.25, 0.3) is 5.56 Å². The van der Waals surface area contributed by atoms with E-state index in [4.69, 9.17) is 0 Å². The second-order valence-corrected chi connectivity index (χ2v) is 3.43. The van der Waals surface area contributed by atoms with E-state index < -0.39 is 0 Å². The van der Waals surface area contributed by atoms with Crippen molar-refractivity contribution in [2.24, 2.45) is 0 Å². The maximum absolute atomic E-state index is 11.6. The number of benzene rings is 1. The monoisotopic (exact) mass is 200 g/mol. The number of rotatable bonds is 1. The topological polar surface area (TPSA) is 45.8 Å². The molecule has 0 aliphatic heterocycles. The molecule has 2 aromatic rings. The fourth-order valence-electron chi connectivity index (χ4n) is 1.57. The van der Waals surface area contributed by atoms with Crippen LogP contribution in [0.25, 0.3) is 17.0 Å². The summed E-state index contributed by atoms with van der Waals surface area (Å²) in [5.74, 6) is 0.644. The molecule has 1 heterocycles. The summed E-state index contributed by atoms with van der Waals surface area (Å²) in [7, 11) is 0. The van der Waals surface area contributed by atoms with Crippen LogP contribution in [0.2, 0.25) is 0 Å². The molecule has 15 heavy (non-hydrogen) atoms. The van der Waals surface area contributed by atoms with Crippen molar-refractivity contribution in [1.29, 1.82) is 0 Å². The van der Waals surface area contributed by atoms with Crippen LogP contribution < -0.4 is 5.56 Å². The molecule has 0 amide bonds. The Morgan fingerprint density at radius 2 is 2.20 bits per heavy atom. The van der Waals surface area contributed by atoms with Crippen LogP contribution in [0.4, 0.5) is 0 Å². The van der Waals surface area contributed by atoms with E-state index in [1.165, 1.54) is 0 Å². The van der Waals surface area contributed by atoms with E-state index in [1.54, 1.807) is 13.0 Å². The van der Waals surface area contributed by atoms with E-state index in [9.17, 15) is 4.79 Å². The number of H-pyrrole nitrogens is 1. The Morgan fingerprint density at radius 3 is 2.93 bits per heavy atom. The third-order valence-corrected chi connectivity index (χ3v) is 2.21. The standard InChI is InChI=1S/C12H12N2O/c1-3-4-9-5-6-10-11(7-9)13-8(2)14-12(10)15/h3-7H,1-2H3,(H,13,14,15)/b4-3-. The Hall–Kier alpha value is -1.90. The summed E-state index contributed by atoms with van der Waals surface area (Å²) in [4.78, 5) is 18.5. The van der Waals surface area contributed by atoms with Crippen molar-refractivity contribution < 1.29 is 0 Å². The van der Waals surface area contributed by atoms with E-state index in [-0.39, 0.29) is 5.56 Å². The summed E-state index contributed by atoms with van der Waals surface area (Å²) in [5, 5.41) is 0.633. The number of aromatic amines is 1. The first-order valence-corrected chi connectivity index (χ1v) is 4.84. The summed E-state index contributed by atoms with van der Waals surface area (Å²) in [5.41, 5.74) is 1.72. The maximum Gasteiger partial charge on any atom is 0.258 e. The summed E-state index contributed by atoms with van der Waals surface area (Å²) in [6.45, 7) is 3.74. The van der Waals surface area contributed by atoms with Crippen molar-refractivity contribution in [3.8, 4) is 0 Å². The number of allylic oxidation sites excluding steroid dienone is 1. The fourth-order valence-corrected chi connectivity index (χ4v) is 1.57. The molecule has 1 N–H and O–H groups in total. The quantitative estimate of drug-likeness (QED) is 0.767. The van der Waals surface area contributed by atoms with Gasteiger partial charge in [-0.2, -0.15) is 0 Å². The van der Waals surface area contributed by atoms with Crippen molar-refractivity contribution in [2.45, 2.75) is 13.8 Å². The van der Waals surface area contributed by atoms with Gasteiger partial charge in [0.1, 0.15) is 5.82 Å². The zero-order valence-corrected chi connectivity index (χ0v) is 8.74. The average Bonchev–Trinajstić information content (AvgIpc) is 2.17. The molecule has 0 bridgehead atoms. The first kappa shape index (κ1) is 9.65. The number of hydrogen-bond acceptors (Lipinski definition) is 2. The van der Waals surface area contributed by atoms with Gasteiger partial charge in [-0.3, -0.25) is 4.79 Å². The molecule has 0 aliphatic carbocycles. The Balaban J connectivity index is 2.76. The largest absolute Gasteiger partial charge is 0.310 e. The van der Waals surface area contributed by atoms with Crippen LogP contribution >= 0.6 is 0 Å². The fraction of sp³-hybridized carbons (Fsp3) is 0.167. The number of fused-ring (bicyclic) bond motifs is 1. The minimum atomic E-state index is -0.0791. The second-order valence-electron chi connectivity index (χ2n) is 3.43. The average molecular weight is 200 g/mol. The number of aromatic nitrogens is 2. The lowest BCUT2D eigenvalue weighted by molar-refractivity contribution is 1.06. The lowest BCUT2D eigenvalue weighted by atomic mass is 10.1. The molecule has 0 fully saturated rings. The SMILES string of the molecule is C/C=C\c1ccc2c(=O)[nH]c(C)nc2c1. The number of nitrogens with one attached hydrogen (secondary N) is 1. The van der Waals surface area contributed by atoms with Crippen LogP contribution in [0.5, 0.6) is 0 Å². The van der Waals surface area contributed by atoms with Gasteiger partial charge < -0.3 is 4.98 Å². The molecule has 1 aromatic carbocycles. The zero-order chi connectivity index (χ0) is 10.8. The molecule has 76 valence electrons. The Morgan fingerprint density at radius 1 is 1.40 bits per heavy atom. The van der Waals surface area contributed by atoms with Crippen LogP contribution in [-0.4, -0.2) is 9.97 Å². The molecule has 0 saturated heterocycles. The van der Waals surface area contributed by atoms with Crippen molar-refractivity contribution in [2.75, 3.05) is 0 Å². The molecule has 0 saturated carbocycles. The van der Waals surface area contributed by atoms with Gasteiger partial charge in [0.05, 0.1) is 10.9 Å². The van der Waals surface area contributed by atoms with Crippen LogP contribution in [0, 0.1) is 6.92 Å². The Kier molecular flexibility index (Phi) is 2.37. The van der Waals surface area contributed by atoms with Crippen molar-refractivity contribution in [3.05, 3.63) is 46.0 Å². The highest BCUT2D eigenvalue weighted by molar-refractivity contribution is 5.80. The molecule has 3 nitrogen and oxygen atoms in total. The van der Waals surface area contributed by atoms with Crippen LogP contribution in [0.15, 0.2) is 29.1 Å². The summed E-state index contributed by atoms with van der Waals surface area (Å²) >= 11 is 0. The molecule has 2 rings (SSSR count). The van der Waals surface area contributed by atoms with Gasteiger partial charge in [0, 0.05) is 0 Å². The molecular weight excluding hydrogens is 188 g/mol. The van der Waals surface area contributed by atoms with Crippen LogP contribution in [0.1, 0.15) is 18.3 Å². The van der Waals surface area contributed by atoms with E-state index in [1.807, 2.05) is 31.2 Å². The number of aryl methyl sites for hydroxylation is 1. The van der Waals surface area contributed by atoms with Crippen molar-refractivity contribution >= 4 is 17.0 Å². The molecule has 0 spiro atoms. The third kappa shape index (κ3) is 1.81. The first-order chi connectivity index (χ1) is 7.20. The summed E-state index contributed by atoms with van der Waals surface area (Å²) in [6.07, 6.45) is 3.94. The molecule has 3 heteroatoms. The lowest BCUT2D eigenvalue weighted by Gasteiger charge is -1.99. The zero-order valence-electron chi connectivity index (χ0n) is 8.74. The Bertz CT molecular complexity index is 582. The second kappa shape index (κ2) is 3.69. The summed E-state index contributed by atoms with van der Waals surface area (Å²) < 4.78 is 0. The molecule has 1 aromatic heterocycles. The minimum Gasteiger partial charge on any atom is -0.310 e. The van der Waals surface area contributed by atoms with E-state index >= 15 is 0 Å². The van der Waals surface area contributed by atoms with Gasteiger partial charge in [0.15, 0.2) is 0 Å². The van der Waals surface area contributed by atoms with E-state index in [0.717, 1.165) is 11.1 Å². The Labute approximate surface area is 87.5 Å². The van der Waals surface area contributed by atoms with Crippen LogP contribution in [0.3, 0.4) is 0 Å². The van der Waals surface area contributed by atoms with Gasteiger partial charge >= 0.3 is 0 Å². The molecule has 0 aliphatic rings. The third-order valence-electron chi connectivity index (χ3n) is 2.21. The highest BCUT2D eigenvalue weighted by Gasteiger charge is 2.00. The predicted octanol–water partition coefficient (Wildman–Crippen LogP) is 2.26. The highest BCUT2D eigenvalue weighted by Crippen LogP contribution is 2.11. The van der Waals surface area contributed by atoms with Gasteiger partial charge in [-0.25, -0.2) is 4.98 Å². The van der Waals surface area contributed by atoms with Crippen LogP contribution in [-0.2, 0) is 0 Å². The normalized spacial score (nSPS) is 11.3. The smallest absolute Gasteiger partial charge is 0.258 e. The van der Waals surface area contributed by atoms with Crippen molar-refractivity contribution in [3.63, 3.8) is 0 Å². The first-order valence-electron chi connectivity index (χ1n) is 4.84. The molecule has 0 unspecified atom stereocenters. The molecule has 0 atom stereocenters. The number of hydrogen-bond donors (Lipinski definition) is 1. The molecule has 0 radical (unpaired) electrons. The van der Waals surface area contributed by atoms with E-state index in [0.29, 0.717) is 11.2 Å². The van der Waals surface area contributed by atoms with E-state index in [2.05, 4.69) is 9.97 Å². The van der Waals surface area contributed by atoms with Gasteiger partial charge in [0.2, 0.25) is 0 Å². The van der Waals surface area contributed by atoms with Crippen molar-refractivity contribution in [1.82, 2.24) is 9.97 Å².